The standard InChI is InChI=1S/C21H24F2N4O3/c1-13-8-15(4-5-18(13)30-12-21(3,22)23)10-27-11-16-17(26-27)6-7-24-19(16)20(29)25-9-14(2)28/h4-8,11,14,28H,9-10,12H2,1-3H3,(H,25,29). The molecule has 1 amide bonds. The number of amides is 1. The van der Waals surface area contributed by atoms with Gasteiger partial charge >= 0.3 is 0 Å². The quantitative estimate of drug-likeness (QED) is 0.587. The van der Waals surface area contributed by atoms with Gasteiger partial charge < -0.3 is 15.2 Å². The number of alkyl halides is 2. The molecule has 0 saturated heterocycles. The first-order valence-corrected chi connectivity index (χ1v) is 9.51. The van der Waals surface area contributed by atoms with E-state index in [4.69, 9.17) is 4.74 Å². The number of benzene rings is 1. The second kappa shape index (κ2) is 8.74. The van der Waals surface area contributed by atoms with E-state index in [-0.39, 0.29) is 18.1 Å². The fourth-order valence-corrected chi connectivity index (χ4v) is 2.94. The number of halogens is 2. The van der Waals surface area contributed by atoms with Crippen LogP contribution in [0.5, 0.6) is 5.75 Å². The highest BCUT2D eigenvalue weighted by Gasteiger charge is 2.22. The number of fused-ring (bicyclic) bond motifs is 1. The molecule has 0 saturated carbocycles. The average molecular weight is 418 g/mol. The third kappa shape index (κ3) is 5.50. The molecule has 1 unspecified atom stereocenters. The van der Waals surface area contributed by atoms with Crippen molar-refractivity contribution < 1.29 is 23.4 Å². The van der Waals surface area contributed by atoms with Crippen LogP contribution < -0.4 is 10.1 Å². The van der Waals surface area contributed by atoms with E-state index in [1.54, 1.807) is 42.9 Å². The second-order valence-corrected chi connectivity index (χ2v) is 7.44. The summed E-state index contributed by atoms with van der Waals surface area (Å²) >= 11 is 0. The Morgan fingerprint density at radius 3 is 2.80 bits per heavy atom. The SMILES string of the molecule is Cc1cc(Cn2cc3c(C(=O)NCC(C)O)nccc3n2)ccc1OCC(C)(F)F. The van der Waals surface area contributed by atoms with Crippen LogP contribution in [0.3, 0.4) is 0 Å². The van der Waals surface area contributed by atoms with Gasteiger partial charge in [-0.25, -0.2) is 8.78 Å². The van der Waals surface area contributed by atoms with Gasteiger partial charge in [0.15, 0.2) is 6.61 Å². The number of aliphatic hydroxyl groups is 1. The van der Waals surface area contributed by atoms with Gasteiger partial charge in [-0.3, -0.25) is 14.5 Å². The molecule has 9 heteroatoms. The molecule has 3 aromatic rings. The van der Waals surface area contributed by atoms with Crippen LogP contribution in [0.1, 0.15) is 35.5 Å². The van der Waals surface area contributed by atoms with E-state index < -0.39 is 18.6 Å². The van der Waals surface area contributed by atoms with Crippen molar-refractivity contribution in [2.75, 3.05) is 13.2 Å². The number of ether oxygens (including phenoxy) is 1. The maximum absolute atomic E-state index is 13.0. The number of nitrogens with one attached hydrogen (secondary N) is 1. The number of carbonyl (C=O) groups excluding carboxylic acids is 1. The van der Waals surface area contributed by atoms with Gasteiger partial charge in [-0.15, -0.1) is 0 Å². The van der Waals surface area contributed by atoms with Crippen molar-refractivity contribution in [3.63, 3.8) is 0 Å². The molecule has 0 fully saturated rings. The fraction of sp³-hybridized carbons (Fsp3) is 0.381. The molecule has 160 valence electrons. The zero-order chi connectivity index (χ0) is 21.9. The van der Waals surface area contributed by atoms with Gasteiger partial charge in [0, 0.05) is 25.9 Å². The number of hydrogen-bond donors (Lipinski definition) is 2. The Bertz CT molecular complexity index is 1040. The van der Waals surface area contributed by atoms with E-state index in [1.165, 1.54) is 6.20 Å². The van der Waals surface area contributed by atoms with Gasteiger partial charge in [0.2, 0.25) is 0 Å². The molecule has 0 spiro atoms. The van der Waals surface area contributed by atoms with Crippen molar-refractivity contribution in [3.8, 4) is 5.75 Å². The highest BCUT2D eigenvalue weighted by atomic mass is 19.3. The van der Waals surface area contributed by atoms with E-state index >= 15 is 0 Å². The third-order valence-electron chi connectivity index (χ3n) is 4.32. The van der Waals surface area contributed by atoms with Gasteiger partial charge in [-0.05, 0) is 37.1 Å². The monoisotopic (exact) mass is 418 g/mol. The van der Waals surface area contributed by atoms with Crippen molar-refractivity contribution in [1.29, 1.82) is 0 Å². The van der Waals surface area contributed by atoms with Gasteiger partial charge in [-0.2, -0.15) is 5.10 Å². The predicted molar refractivity (Wildman–Crippen MR) is 108 cm³/mol. The Morgan fingerprint density at radius 1 is 1.37 bits per heavy atom. The van der Waals surface area contributed by atoms with Crippen molar-refractivity contribution in [2.45, 2.75) is 39.3 Å². The lowest BCUT2D eigenvalue weighted by molar-refractivity contribution is -0.0231. The number of aryl methyl sites for hydroxylation is 1. The van der Waals surface area contributed by atoms with Crippen molar-refractivity contribution in [1.82, 2.24) is 20.1 Å². The van der Waals surface area contributed by atoms with Crippen LogP contribution in [0.15, 0.2) is 36.7 Å². The first-order chi connectivity index (χ1) is 14.1. The van der Waals surface area contributed by atoms with Gasteiger partial charge in [0.05, 0.1) is 23.6 Å². The summed E-state index contributed by atoms with van der Waals surface area (Å²) in [6, 6.07) is 7.02. The normalized spacial score (nSPS) is 12.7. The number of hydrogen-bond acceptors (Lipinski definition) is 5. The van der Waals surface area contributed by atoms with Crippen LogP contribution in [0.2, 0.25) is 0 Å². The summed E-state index contributed by atoms with van der Waals surface area (Å²) in [7, 11) is 0. The minimum atomic E-state index is -2.90. The zero-order valence-electron chi connectivity index (χ0n) is 17.0. The van der Waals surface area contributed by atoms with Crippen molar-refractivity contribution in [2.24, 2.45) is 0 Å². The third-order valence-corrected chi connectivity index (χ3v) is 4.32. The molecule has 30 heavy (non-hydrogen) atoms. The largest absolute Gasteiger partial charge is 0.487 e. The van der Waals surface area contributed by atoms with Crippen LogP contribution in [0.25, 0.3) is 10.9 Å². The Balaban J connectivity index is 1.77. The number of aliphatic hydroxyl groups excluding tert-OH is 1. The van der Waals surface area contributed by atoms with Crippen LogP contribution in [0, 0.1) is 6.92 Å². The van der Waals surface area contributed by atoms with Crippen LogP contribution in [-0.2, 0) is 6.54 Å². The summed E-state index contributed by atoms with van der Waals surface area (Å²) in [5, 5.41) is 17.1. The smallest absolute Gasteiger partial charge is 0.278 e. The number of pyridine rings is 1. The summed E-state index contributed by atoms with van der Waals surface area (Å²) in [5.41, 5.74) is 2.51. The minimum absolute atomic E-state index is 0.128. The molecule has 1 aromatic carbocycles. The molecule has 2 aromatic heterocycles. The molecule has 2 heterocycles. The Hall–Kier alpha value is -3.07. The summed E-state index contributed by atoms with van der Waals surface area (Å²) in [6.45, 7) is 4.06. The van der Waals surface area contributed by atoms with E-state index in [0.29, 0.717) is 23.2 Å². The van der Waals surface area contributed by atoms with E-state index in [9.17, 15) is 18.7 Å². The lowest BCUT2D eigenvalue weighted by Gasteiger charge is -2.14. The molecule has 0 aliphatic heterocycles. The number of aromatic nitrogens is 3. The molecule has 1 atom stereocenters. The van der Waals surface area contributed by atoms with Gasteiger partial charge in [0.1, 0.15) is 11.4 Å². The molecule has 0 radical (unpaired) electrons. The Labute approximate surface area is 172 Å². The molecule has 7 nitrogen and oxygen atoms in total. The lowest BCUT2D eigenvalue weighted by atomic mass is 10.1. The molecular formula is C21H24F2N4O3. The molecule has 2 N–H and O–H groups in total. The maximum Gasteiger partial charge on any atom is 0.278 e. The maximum atomic E-state index is 13.0. The zero-order valence-corrected chi connectivity index (χ0v) is 17.0. The topological polar surface area (TPSA) is 89.3 Å². The number of carbonyl (C=O) groups is 1. The van der Waals surface area contributed by atoms with Crippen LogP contribution in [0.4, 0.5) is 8.78 Å². The van der Waals surface area contributed by atoms with E-state index in [2.05, 4.69) is 15.4 Å². The Kier molecular flexibility index (Phi) is 6.31. The summed E-state index contributed by atoms with van der Waals surface area (Å²) < 4.78 is 32.9. The van der Waals surface area contributed by atoms with Crippen LogP contribution >= 0.6 is 0 Å². The van der Waals surface area contributed by atoms with Gasteiger partial charge in [0.25, 0.3) is 11.8 Å². The van der Waals surface area contributed by atoms with E-state index in [1.807, 2.05) is 6.07 Å². The molecule has 0 aliphatic rings. The first-order valence-electron chi connectivity index (χ1n) is 9.51. The highest BCUT2D eigenvalue weighted by Crippen LogP contribution is 2.23. The average Bonchev–Trinajstić information content (AvgIpc) is 3.07. The number of rotatable bonds is 8. The van der Waals surface area contributed by atoms with Gasteiger partial charge in [-0.1, -0.05) is 12.1 Å². The molecule has 0 aliphatic carbocycles. The number of nitrogens with zero attached hydrogens (tertiary/aromatic N) is 3. The van der Waals surface area contributed by atoms with Crippen LogP contribution in [-0.4, -0.2) is 51.0 Å². The van der Waals surface area contributed by atoms with E-state index in [0.717, 1.165) is 18.1 Å². The molecule has 0 bridgehead atoms. The summed E-state index contributed by atoms with van der Waals surface area (Å²) in [6.07, 6.45) is 2.59. The Morgan fingerprint density at radius 2 is 2.13 bits per heavy atom. The van der Waals surface area contributed by atoms with Crippen molar-refractivity contribution in [3.05, 3.63) is 53.5 Å². The molecular weight excluding hydrogens is 394 g/mol. The predicted octanol–water partition coefficient (Wildman–Crippen LogP) is 2.93. The first kappa shape index (κ1) is 21.6. The fourth-order valence-electron chi connectivity index (χ4n) is 2.94. The summed E-state index contributed by atoms with van der Waals surface area (Å²) in [4.78, 5) is 16.5. The summed E-state index contributed by atoms with van der Waals surface area (Å²) in [5.74, 6) is -2.87. The minimum Gasteiger partial charge on any atom is -0.487 e. The highest BCUT2D eigenvalue weighted by molar-refractivity contribution is 6.04. The molecule has 3 rings (SSSR count). The lowest BCUT2D eigenvalue weighted by Crippen LogP contribution is -2.31. The van der Waals surface area contributed by atoms with Crippen molar-refractivity contribution >= 4 is 16.8 Å². The second-order valence-electron chi connectivity index (χ2n) is 7.44.